The van der Waals surface area contributed by atoms with Crippen molar-refractivity contribution in [3.8, 4) is 5.75 Å². The second kappa shape index (κ2) is 10.4. The van der Waals surface area contributed by atoms with Crippen molar-refractivity contribution in [1.29, 1.82) is 0 Å². The number of amides is 2. The van der Waals surface area contributed by atoms with Gasteiger partial charge in [0, 0.05) is 27.0 Å². The molecule has 0 bridgehead atoms. The van der Waals surface area contributed by atoms with E-state index >= 15 is 0 Å². The highest BCUT2D eigenvalue weighted by atomic mass is 79.9. The fourth-order valence-electron chi connectivity index (χ4n) is 2.79. The number of aryl methyl sites for hydroxylation is 1. The molecule has 0 saturated heterocycles. The molecule has 0 radical (unpaired) electrons. The first-order chi connectivity index (χ1) is 14.8. The van der Waals surface area contributed by atoms with Crippen LogP contribution in [-0.4, -0.2) is 29.3 Å². The number of nitrogens with one attached hydrogen (secondary N) is 2. The van der Waals surface area contributed by atoms with Crippen LogP contribution in [0.4, 0.5) is 0 Å². The Kier molecular flexibility index (Phi) is 7.64. The lowest BCUT2D eigenvalue weighted by molar-refractivity contribution is -0.123. The number of halogens is 2. The molecule has 3 aromatic rings. The first kappa shape index (κ1) is 22.8. The van der Waals surface area contributed by atoms with Crippen molar-refractivity contribution in [2.45, 2.75) is 13.8 Å². The van der Waals surface area contributed by atoms with Gasteiger partial charge in [0.1, 0.15) is 5.75 Å². The van der Waals surface area contributed by atoms with E-state index in [1.165, 1.54) is 6.21 Å². The number of carbonyl (C=O) groups is 2. The van der Waals surface area contributed by atoms with E-state index in [1.807, 2.05) is 50.2 Å². The van der Waals surface area contributed by atoms with E-state index in [0.29, 0.717) is 11.3 Å². The Hall–Kier alpha value is -2.91. The molecule has 0 spiro atoms. The van der Waals surface area contributed by atoms with Crippen LogP contribution < -0.4 is 15.6 Å². The molecule has 0 unspecified atom stereocenters. The Morgan fingerprint density at radius 3 is 2.55 bits per heavy atom. The number of benzene rings is 2. The number of carbonyl (C=O) groups excluding carboxylic acids is 2. The highest BCUT2D eigenvalue weighted by Crippen LogP contribution is 2.28. The maximum absolute atomic E-state index is 12.4. The van der Waals surface area contributed by atoms with Crippen LogP contribution in [0.3, 0.4) is 0 Å². The SMILES string of the molecule is Cc1cc(/C=N/NC(=O)COc2ccc(Br)cc2Br)c(C)n1NC(=O)c1ccccc1. The fraction of sp³-hybridized carbons (Fsp3) is 0.136. The molecule has 0 saturated carbocycles. The molecule has 7 nitrogen and oxygen atoms in total. The van der Waals surface area contributed by atoms with Gasteiger partial charge in [0.15, 0.2) is 6.61 Å². The molecule has 2 aromatic carbocycles. The van der Waals surface area contributed by atoms with Crippen LogP contribution in [0.2, 0.25) is 0 Å². The molecule has 0 fully saturated rings. The van der Waals surface area contributed by atoms with Crippen LogP contribution >= 0.6 is 31.9 Å². The third kappa shape index (κ3) is 6.05. The van der Waals surface area contributed by atoms with Crippen molar-refractivity contribution in [3.05, 3.63) is 86.1 Å². The Bertz CT molecular complexity index is 1130. The third-order valence-electron chi connectivity index (χ3n) is 4.37. The summed E-state index contributed by atoms with van der Waals surface area (Å²) in [6, 6.07) is 16.2. The van der Waals surface area contributed by atoms with Crippen molar-refractivity contribution in [3.63, 3.8) is 0 Å². The topological polar surface area (TPSA) is 84.7 Å². The van der Waals surface area contributed by atoms with Crippen LogP contribution in [-0.2, 0) is 4.79 Å². The molecule has 0 atom stereocenters. The minimum Gasteiger partial charge on any atom is -0.483 e. The summed E-state index contributed by atoms with van der Waals surface area (Å²) in [5.41, 5.74) is 8.25. The first-order valence-corrected chi connectivity index (χ1v) is 10.9. The summed E-state index contributed by atoms with van der Waals surface area (Å²) in [5.74, 6) is -0.0484. The minimum atomic E-state index is -0.391. The zero-order chi connectivity index (χ0) is 22.4. The monoisotopic (exact) mass is 546 g/mol. The molecule has 0 aliphatic heterocycles. The van der Waals surface area contributed by atoms with Gasteiger partial charge in [-0.15, -0.1) is 0 Å². The summed E-state index contributed by atoms with van der Waals surface area (Å²) in [4.78, 5) is 24.4. The lowest BCUT2D eigenvalue weighted by atomic mass is 10.2. The standard InChI is InChI=1S/C22H20Br2N4O3/c1-14-10-17(15(2)28(14)27-22(30)16-6-4-3-5-7-16)12-25-26-21(29)13-31-20-9-8-18(23)11-19(20)24/h3-12H,13H2,1-2H3,(H,26,29)(H,27,30)/b25-12+. The van der Waals surface area contributed by atoms with E-state index in [2.05, 4.69) is 47.8 Å². The van der Waals surface area contributed by atoms with Crippen molar-refractivity contribution in [2.24, 2.45) is 5.10 Å². The summed E-state index contributed by atoms with van der Waals surface area (Å²) in [5, 5.41) is 3.99. The van der Waals surface area contributed by atoms with Gasteiger partial charge in [-0.05, 0) is 66.2 Å². The predicted octanol–water partition coefficient (Wildman–Crippen LogP) is 4.54. The summed E-state index contributed by atoms with van der Waals surface area (Å²) in [6.07, 6.45) is 1.53. The van der Waals surface area contributed by atoms with E-state index in [-0.39, 0.29) is 12.5 Å². The van der Waals surface area contributed by atoms with Crippen LogP contribution in [0.15, 0.2) is 68.6 Å². The largest absolute Gasteiger partial charge is 0.483 e. The van der Waals surface area contributed by atoms with Gasteiger partial charge in [0.05, 0.1) is 10.7 Å². The second-order valence-corrected chi connectivity index (χ2v) is 8.40. The molecule has 2 N–H and O–H groups in total. The summed E-state index contributed by atoms with van der Waals surface area (Å²) in [6.45, 7) is 3.55. The maximum Gasteiger partial charge on any atom is 0.277 e. The Morgan fingerprint density at radius 2 is 1.84 bits per heavy atom. The lowest BCUT2D eigenvalue weighted by Crippen LogP contribution is -2.25. The van der Waals surface area contributed by atoms with Gasteiger partial charge in [-0.25, -0.2) is 5.43 Å². The van der Waals surface area contributed by atoms with Crippen LogP contribution in [0.25, 0.3) is 0 Å². The molecule has 2 amide bonds. The molecular weight excluding hydrogens is 528 g/mol. The Morgan fingerprint density at radius 1 is 1.10 bits per heavy atom. The highest BCUT2D eigenvalue weighted by molar-refractivity contribution is 9.11. The lowest BCUT2D eigenvalue weighted by Gasteiger charge is -2.11. The maximum atomic E-state index is 12.4. The molecular formula is C22H20Br2N4O3. The van der Waals surface area contributed by atoms with Gasteiger partial charge in [-0.1, -0.05) is 34.1 Å². The fourth-order valence-corrected chi connectivity index (χ4v) is 3.95. The second-order valence-electron chi connectivity index (χ2n) is 6.63. The number of rotatable bonds is 7. The highest BCUT2D eigenvalue weighted by Gasteiger charge is 2.12. The van der Waals surface area contributed by atoms with Gasteiger partial charge in [0.2, 0.25) is 0 Å². The van der Waals surface area contributed by atoms with Gasteiger partial charge in [-0.2, -0.15) is 5.10 Å². The normalized spacial score (nSPS) is 10.8. The van der Waals surface area contributed by atoms with Gasteiger partial charge < -0.3 is 4.74 Å². The molecule has 31 heavy (non-hydrogen) atoms. The van der Waals surface area contributed by atoms with Gasteiger partial charge in [-0.3, -0.25) is 19.7 Å². The van der Waals surface area contributed by atoms with E-state index in [4.69, 9.17) is 4.74 Å². The molecule has 0 aliphatic carbocycles. The van der Waals surface area contributed by atoms with Crippen molar-refractivity contribution in [1.82, 2.24) is 10.1 Å². The molecule has 160 valence electrons. The molecule has 1 heterocycles. The molecule has 1 aromatic heterocycles. The summed E-state index contributed by atoms with van der Waals surface area (Å²) in [7, 11) is 0. The van der Waals surface area contributed by atoms with Crippen LogP contribution in [0, 0.1) is 13.8 Å². The third-order valence-corrected chi connectivity index (χ3v) is 5.48. The molecule has 9 heteroatoms. The predicted molar refractivity (Wildman–Crippen MR) is 127 cm³/mol. The minimum absolute atomic E-state index is 0.177. The zero-order valence-electron chi connectivity index (χ0n) is 16.9. The van der Waals surface area contributed by atoms with Crippen molar-refractivity contribution in [2.75, 3.05) is 12.0 Å². The van der Waals surface area contributed by atoms with E-state index in [9.17, 15) is 9.59 Å². The number of hydrazone groups is 1. The van der Waals surface area contributed by atoms with Gasteiger partial charge in [0.25, 0.3) is 11.8 Å². The number of aromatic nitrogens is 1. The quantitative estimate of drug-likeness (QED) is 0.336. The van der Waals surface area contributed by atoms with E-state index in [0.717, 1.165) is 25.9 Å². The number of nitrogens with zero attached hydrogens (tertiary/aromatic N) is 2. The van der Waals surface area contributed by atoms with Gasteiger partial charge >= 0.3 is 0 Å². The summed E-state index contributed by atoms with van der Waals surface area (Å²) >= 11 is 6.74. The van der Waals surface area contributed by atoms with Crippen LogP contribution in [0.5, 0.6) is 5.75 Å². The summed E-state index contributed by atoms with van der Waals surface area (Å²) < 4.78 is 8.81. The smallest absolute Gasteiger partial charge is 0.277 e. The number of ether oxygens (including phenoxy) is 1. The number of hydrogen-bond acceptors (Lipinski definition) is 4. The first-order valence-electron chi connectivity index (χ1n) is 9.30. The van der Waals surface area contributed by atoms with Crippen molar-refractivity contribution < 1.29 is 14.3 Å². The zero-order valence-corrected chi connectivity index (χ0v) is 20.0. The molecule has 3 rings (SSSR count). The van der Waals surface area contributed by atoms with E-state index in [1.54, 1.807) is 22.9 Å². The molecule has 0 aliphatic rings. The Balaban J connectivity index is 1.57. The Labute approximate surface area is 196 Å². The average Bonchev–Trinajstić information content (AvgIpc) is 3.01. The average molecular weight is 548 g/mol. The van der Waals surface area contributed by atoms with Crippen molar-refractivity contribution >= 4 is 49.9 Å². The van der Waals surface area contributed by atoms with E-state index < -0.39 is 5.91 Å². The van der Waals surface area contributed by atoms with Crippen LogP contribution in [0.1, 0.15) is 27.3 Å². The number of hydrogen-bond donors (Lipinski definition) is 2.